The van der Waals surface area contributed by atoms with Gasteiger partial charge in [-0.2, -0.15) is 0 Å². The Hall–Kier alpha value is -12.9. The number of nitro benzene ring substituents is 1. The molecule has 0 fully saturated rings. The predicted molar refractivity (Wildman–Crippen MR) is 455 cm³/mol. The van der Waals surface area contributed by atoms with Gasteiger partial charge in [0.05, 0.1) is 136 Å². The molecule has 0 saturated heterocycles. The highest BCUT2D eigenvalue weighted by molar-refractivity contribution is 7.91. The molecular formula is C78H87Cl5N6O33S2. The zero-order valence-corrected chi connectivity index (χ0v) is 69.6. The van der Waals surface area contributed by atoms with Crippen LogP contribution in [0.1, 0.15) is 205 Å². The number of hydrogen-bond donors (Lipinski definition) is 9. The monoisotopic (exact) mass is 1870 g/mol. The van der Waals surface area contributed by atoms with E-state index in [9.17, 15) is 94.1 Å². The average Bonchev–Trinajstić information content (AvgIpc) is 1.59. The maximum Gasteiger partial charge on any atom is 0.349 e. The SMILES string of the molecule is C.C.C.C.CC(=O)Nc1ccc(Cl)c2c1C(=O)OC2=O.CC(=O)O.CC(=O)OC(C)=O.CCOc1cc([C@@H](CS(C)(=O)=O)N2C(=O)c3c(Cl)ccc(NC(C)=O)c3C2=O)ccc1OC.CCOc1cc([C@H](N)CS(C)(=O)=O)ccc1OC.Nc1ccc(Cl)c(C(=O)O)c1C(=O)O.O=C(O)c1c(Cl)ccc([N+](=O)[O-])c1C(=O)O.O=C1OC(=O)c2c(Cl)cccc21. The second kappa shape index (κ2) is 50.5. The van der Waals surface area contributed by atoms with Gasteiger partial charge in [0.2, 0.25) is 11.8 Å². The minimum atomic E-state index is -3.64. The van der Waals surface area contributed by atoms with Gasteiger partial charge < -0.3 is 80.8 Å². The summed E-state index contributed by atoms with van der Waals surface area (Å²) < 4.78 is 81.2. The van der Waals surface area contributed by atoms with Gasteiger partial charge in [0.15, 0.2) is 28.6 Å². The third-order valence-corrected chi connectivity index (χ3v) is 18.2. The second-order valence-corrected chi connectivity index (χ2v) is 30.2. The van der Waals surface area contributed by atoms with Crippen LogP contribution in [0.3, 0.4) is 0 Å². The number of halogens is 5. The van der Waals surface area contributed by atoms with Crippen LogP contribution in [-0.4, -0.2) is 193 Å². The summed E-state index contributed by atoms with van der Waals surface area (Å²) in [5, 5.41) is 57.7. The lowest BCUT2D eigenvalue weighted by Gasteiger charge is -2.27. The fraction of sp³-hybridized carbons (Fsp3) is 0.269. The van der Waals surface area contributed by atoms with Crippen molar-refractivity contribution in [3.63, 3.8) is 0 Å². The number of cyclic esters (lactones) is 4. The first-order valence-corrected chi connectivity index (χ1v) is 39.2. The van der Waals surface area contributed by atoms with Crippen LogP contribution in [0.4, 0.5) is 22.7 Å². The summed E-state index contributed by atoms with van der Waals surface area (Å²) >= 11 is 28.7. The maximum atomic E-state index is 13.4. The number of nitrogen functional groups attached to an aromatic ring is 1. The number of sulfone groups is 2. The van der Waals surface area contributed by atoms with Gasteiger partial charge in [0.25, 0.3) is 23.5 Å². The molecule has 10 rings (SSSR count). The van der Waals surface area contributed by atoms with Crippen LogP contribution in [-0.2, 0) is 57.9 Å². The Labute approximate surface area is 734 Å². The van der Waals surface area contributed by atoms with E-state index in [0.717, 1.165) is 30.2 Å². The molecule has 0 aromatic heterocycles. The molecule has 46 heteroatoms. The number of hydrogen-bond acceptors (Lipinski definition) is 30. The Kier molecular flexibility index (Phi) is 46.1. The van der Waals surface area contributed by atoms with Gasteiger partial charge in [0.1, 0.15) is 19.7 Å². The number of anilines is 3. The molecule has 0 bridgehead atoms. The summed E-state index contributed by atoms with van der Waals surface area (Å²) in [4.78, 5) is 176. The van der Waals surface area contributed by atoms with Crippen molar-refractivity contribution < 1.29 is 152 Å². The molecule has 39 nitrogen and oxygen atoms in total. The number of fused-ring (bicyclic) bond motifs is 3. The quantitative estimate of drug-likeness (QED) is 0.00651. The lowest BCUT2D eigenvalue weighted by molar-refractivity contribution is -0.385. The zero-order valence-electron chi connectivity index (χ0n) is 64.2. The average molecular weight is 1880 g/mol. The van der Waals surface area contributed by atoms with Crippen LogP contribution >= 0.6 is 58.0 Å². The number of carbonyl (C=O) groups excluding carboxylic acids is 10. The molecule has 7 aromatic rings. The number of methoxy groups -OCH3 is 2. The largest absolute Gasteiger partial charge is 0.493 e. The molecule has 11 N–H and O–H groups in total. The number of ether oxygens (including phenoxy) is 7. The van der Waals surface area contributed by atoms with Gasteiger partial charge in [-0.1, -0.05) is 106 Å². The Balaban J connectivity index is 0. The number of imide groups is 1. The molecule has 0 spiro atoms. The lowest BCUT2D eigenvalue weighted by atomic mass is 10.1. The number of nitrogens with zero attached hydrogens (tertiary/aromatic N) is 2. The van der Waals surface area contributed by atoms with Crippen LogP contribution in [0.25, 0.3) is 0 Å². The van der Waals surface area contributed by atoms with E-state index in [0.29, 0.717) is 47.3 Å². The van der Waals surface area contributed by atoms with Crippen LogP contribution in [0.5, 0.6) is 23.0 Å². The number of carboxylic acid groups (broad SMARTS) is 5. The van der Waals surface area contributed by atoms with Crippen LogP contribution in [0, 0.1) is 10.1 Å². The van der Waals surface area contributed by atoms with Gasteiger partial charge in [-0.15, -0.1) is 0 Å². The highest BCUT2D eigenvalue weighted by atomic mass is 35.5. The third-order valence-electron chi connectivity index (χ3n) is 14.7. The molecule has 0 unspecified atom stereocenters. The summed E-state index contributed by atoms with van der Waals surface area (Å²) in [6.07, 6.45) is 2.18. The number of carboxylic acids is 5. The number of rotatable bonds is 20. The van der Waals surface area contributed by atoms with Gasteiger partial charge in [-0.3, -0.25) is 48.6 Å². The van der Waals surface area contributed by atoms with Gasteiger partial charge in [-0.25, -0.2) is 55.2 Å². The molecule has 7 aromatic carbocycles. The standard InChI is InChI=1S/C22H23ClN2O7S.C12H19NO4S.C10H6ClNO4.C8H4ClNO6.C8H6ClNO4.C8H3ClO3.C4H6O3.C2H4O2.4CH4/c1-5-32-18-10-13(6-9-17(18)31-3)16(11-33(4,29)30)25-21(27)19-14(23)7-8-15(24-12(2)26)20(19)22(25)28;1-4-17-12-7-9(5-6-11(12)16-2)10(13)8-18(3,14)15;1-4(13)12-6-3-2-5(11)7-8(6)10(15)16-9(7)14;9-3-1-2-4(10(15)16)6(8(13)14)5(3)7(11)12;9-3-1-2-4(10)6(8(13)14)5(3)7(11)12;9-5-3-1-2-4-6(5)8(11)12-7(4)10;1-3(5)7-4(2)6;1-2(3)4;;;;/h6-10,16H,5,11H2,1-4H3,(H,24,26);5-7,10H,4,8,13H2,1-3H3;2-3H,1H3,(H,12,13);1-2H,(H,11,12)(H,13,14);1-2H,10H2,(H,11,12)(H,13,14);1-3H;1-2H3;1H3,(H,3,4);4*1H4/t16-;10-;;;;;;;;;;/m11........../s1. The first-order valence-electron chi connectivity index (χ1n) is 33.2. The van der Waals surface area contributed by atoms with E-state index in [-0.39, 0.29) is 117 Å². The molecule has 0 saturated carbocycles. The van der Waals surface area contributed by atoms with E-state index in [1.165, 1.54) is 89.6 Å². The Morgan fingerprint density at radius 2 is 0.871 bits per heavy atom. The van der Waals surface area contributed by atoms with Crippen molar-refractivity contribution in [1.29, 1.82) is 0 Å². The number of benzene rings is 7. The summed E-state index contributed by atoms with van der Waals surface area (Å²) in [5.74, 6) is -12.0. The normalized spacial score (nSPS) is 11.8. The summed E-state index contributed by atoms with van der Waals surface area (Å²) in [6.45, 7) is 10.5. The fourth-order valence-corrected chi connectivity index (χ4v) is 13.2. The van der Waals surface area contributed by atoms with Crippen molar-refractivity contribution >= 4 is 190 Å². The predicted octanol–water partition coefficient (Wildman–Crippen LogP) is 13.2. The number of nitro groups is 1. The van der Waals surface area contributed by atoms with Crippen molar-refractivity contribution in [1.82, 2.24) is 4.90 Å². The molecule has 3 heterocycles. The van der Waals surface area contributed by atoms with Crippen molar-refractivity contribution in [3.8, 4) is 23.0 Å². The molecule has 3 aliphatic rings. The summed E-state index contributed by atoms with van der Waals surface area (Å²) in [5.41, 5.74) is 9.22. The van der Waals surface area contributed by atoms with E-state index in [2.05, 4.69) is 24.8 Å². The Morgan fingerprint density at radius 1 is 0.492 bits per heavy atom. The number of esters is 6. The van der Waals surface area contributed by atoms with Crippen LogP contribution < -0.4 is 41.0 Å². The van der Waals surface area contributed by atoms with Crippen molar-refractivity contribution in [2.24, 2.45) is 5.73 Å². The van der Waals surface area contributed by atoms with Crippen molar-refractivity contribution in [2.75, 3.05) is 67.8 Å². The van der Waals surface area contributed by atoms with E-state index in [4.69, 9.17) is 119 Å². The van der Waals surface area contributed by atoms with Crippen LogP contribution in [0.2, 0.25) is 25.1 Å². The first kappa shape index (κ1) is 113. The number of amides is 4. The number of aliphatic carboxylic acids is 1. The number of aromatic carboxylic acids is 4. The summed E-state index contributed by atoms with van der Waals surface area (Å²) in [7, 11) is -3.74. The fourth-order valence-electron chi connectivity index (χ4n) is 10.2. The minimum absolute atomic E-state index is 0. The van der Waals surface area contributed by atoms with E-state index >= 15 is 0 Å². The van der Waals surface area contributed by atoms with Gasteiger partial charge in [-0.05, 0) is 104 Å². The van der Waals surface area contributed by atoms with Gasteiger partial charge in [0, 0.05) is 64.9 Å². The smallest absolute Gasteiger partial charge is 0.349 e. The van der Waals surface area contributed by atoms with Gasteiger partial charge >= 0.3 is 59.7 Å². The zero-order chi connectivity index (χ0) is 91.6. The second-order valence-electron chi connectivity index (χ2n) is 23.8. The van der Waals surface area contributed by atoms with E-state index in [1.807, 2.05) is 6.92 Å². The highest BCUT2D eigenvalue weighted by Gasteiger charge is 2.45. The molecule has 0 radical (unpaired) electrons. The maximum absolute atomic E-state index is 13.4. The van der Waals surface area contributed by atoms with Crippen molar-refractivity contribution in [3.05, 3.63) is 205 Å². The Bertz CT molecular complexity index is 5460. The minimum Gasteiger partial charge on any atom is -0.493 e. The molecule has 674 valence electrons. The Morgan fingerprint density at radius 3 is 1.27 bits per heavy atom. The first-order chi connectivity index (χ1) is 55.7. The lowest BCUT2D eigenvalue weighted by Crippen LogP contribution is -2.37. The molecule has 3 aliphatic heterocycles. The summed E-state index contributed by atoms with van der Waals surface area (Å²) in [6, 6.07) is 22.8. The third kappa shape index (κ3) is 32.2. The molecular weight excluding hydrogens is 1790 g/mol. The molecule has 2 atom stereocenters. The molecule has 124 heavy (non-hydrogen) atoms. The topological polar surface area (TPSA) is 613 Å². The number of nitrogens with two attached hydrogens (primary N) is 2. The number of carbonyl (C=O) groups is 15. The van der Waals surface area contributed by atoms with E-state index in [1.54, 1.807) is 56.5 Å². The van der Waals surface area contributed by atoms with E-state index < -0.39 is 154 Å². The molecule has 0 aliphatic carbocycles. The van der Waals surface area contributed by atoms with Crippen LogP contribution in [0.15, 0.2) is 103 Å². The molecule has 4 amide bonds. The highest BCUT2D eigenvalue weighted by Crippen LogP contribution is 2.42. The number of nitrogens with one attached hydrogen (secondary N) is 2. The van der Waals surface area contributed by atoms with Crippen molar-refractivity contribution in [2.45, 2.75) is 90.3 Å².